The molecular weight excluding hydrogens is 723 g/mol. The van der Waals surface area contributed by atoms with Gasteiger partial charge in [-0.15, -0.1) is 0 Å². The minimum absolute atomic E-state index is 0.00718. The van der Waals surface area contributed by atoms with Crippen LogP contribution in [0.1, 0.15) is 70.3 Å². The minimum atomic E-state index is -4.01. The van der Waals surface area contributed by atoms with E-state index in [1.807, 2.05) is 45.0 Å². The summed E-state index contributed by atoms with van der Waals surface area (Å²) in [6.07, 6.45) is 0. The van der Waals surface area contributed by atoms with Crippen molar-refractivity contribution >= 4 is 45.0 Å². The molecule has 2 amide bonds. The molecule has 2 saturated heterocycles. The Balaban J connectivity index is 1.63. The van der Waals surface area contributed by atoms with Gasteiger partial charge in [-0.3, -0.25) is 25.1 Å². The highest BCUT2D eigenvalue weighted by atomic mass is 35.5. The molecule has 0 saturated carbocycles. The van der Waals surface area contributed by atoms with E-state index in [1.165, 1.54) is 12.1 Å². The van der Waals surface area contributed by atoms with Gasteiger partial charge in [-0.1, -0.05) is 47.5 Å². The predicted molar refractivity (Wildman–Crippen MR) is 205 cm³/mol. The number of ether oxygens (including phenoxy) is 1. The molecule has 3 atom stereocenters. The highest BCUT2D eigenvalue weighted by Crippen LogP contribution is 2.45. The Hall–Kier alpha value is -3.23. The quantitative estimate of drug-likeness (QED) is 0.240. The maximum absolute atomic E-state index is 15.3. The Kier molecular flexibility index (Phi) is 12.3. The summed E-state index contributed by atoms with van der Waals surface area (Å²) in [4.78, 5) is 33.7. The number of amides is 2. The summed E-state index contributed by atoms with van der Waals surface area (Å²) < 4.78 is 36.4. The topological polar surface area (TPSA) is 123 Å². The summed E-state index contributed by atoms with van der Waals surface area (Å²) in [6.45, 7) is 13.3. The van der Waals surface area contributed by atoms with E-state index in [0.717, 1.165) is 11.1 Å². The molecule has 0 radical (unpaired) electrons. The minimum Gasteiger partial charge on any atom is -0.493 e. The van der Waals surface area contributed by atoms with Gasteiger partial charge in [0, 0.05) is 60.4 Å². The third kappa shape index (κ3) is 8.93. The van der Waals surface area contributed by atoms with Gasteiger partial charge >= 0.3 is 0 Å². The van der Waals surface area contributed by atoms with E-state index in [9.17, 15) is 13.2 Å². The average molecular weight is 774 g/mol. The summed E-state index contributed by atoms with van der Waals surface area (Å²) in [5.74, 6) is 0.0795. The Bertz CT molecular complexity index is 1790. The van der Waals surface area contributed by atoms with Crippen LogP contribution >= 0.6 is 23.2 Å². The number of rotatable bonds is 11. The summed E-state index contributed by atoms with van der Waals surface area (Å²) in [6, 6.07) is 18.6. The van der Waals surface area contributed by atoms with Gasteiger partial charge in [-0.25, -0.2) is 13.1 Å². The fourth-order valence-corrected chi connectivity index (χ4v) is 8.31. The van der Waals surface area contributed by atoms with Gasteiger partial charge in [-0.2, -0.15) is 0 Å². The van der Waals surface area contributed by atoms with Crippen LogP contribution in [0, 0.1) is 0 Å². The van der Waals surface area contributed by atoms with Crippen molar-refractivity contribution in [3.63, 3.8) is 0 Å². The van der Waals surface area contributed by atoms with Crippen LogP contribution in [0.4, 0.5) is 0 Å². The van der Waals surface area contributed by atoms with Crippen molar-refractivity contribution in [1.29, 1.82) is 0 Å². The molecule has 2 heterocycles. The summed E-state index contributed by atoms with van der Waals surface area (Å²) in [5, 5.41) is 8.47. The lowest BCUT2D eigenvalue weighted by molar-refractivity contribution is -0.142. The van der Waals surface area contributed by atoms with Crippen molar-refractivity contribution in [2.24, 2.45) is 0 Å². The SMILES string of the molecule is CCOc1ccc(S(=O)(=O)NC(C)(C)C)cc1C1(C(=O)N2CCN(CC(=O)N(C)C(C)C)CC2)N[C@H](c2ccc(Cl)cc2)[C@H](c2ccc(Cl)cc2)N1. The van der Waals surface area contributed by atoms with Gasteiger partial charge in [0.05, 0.1) is 30.1 Å². The van der Waals surface area contributed by atoms with Gasteiger partial charge in [0.1, 0.15) is 5.75 Å². The van der Waals surface area contributed by atoms with Gasteiger partial charge in [0.2, 0.25) is 15.9 Å². The molecule has 0 bridgehead atoms. The van der Waals surface area contributed by atoms with Gasteiger partial charge < -0.3 is 14.5 Å². The number of hydrogen-bond acceptors (Lipinski definition) is 8. The van der Waals surface area contributed by atoms with Crippen LogP contribution in [-0.2, 0) is 25.3 Å². The van der Waals surface area contributed by atoms with E-state index < -0.39 is 33.3 Å². The molecule has 0 aromatic heterocycles. The lowest BCUT2D eigenvalue weighted by Crippen LogP contribution is -2.62. The second-order valence-electron chi connectivity index (χ2n) is 14.7. The first kappa shape index (κ1) is 40.0. The molecule has 0 spiro atoms. The van der Waals surface area contributed by atoms with Crippen molar-refractivity contribution in [3.05, 3.63) is 93.5 Å². The Morgan fingerprint density at radius 3 is 1.90 bits per heavy atom. The molecule has 14 heteroatoms. The van der Waals surface area contributed by atoms with E-state index in [-0.39, 0.29) is 35.9 Å². The molecule has 3 aromatic rings. The number of likely N-dealkylation sites (N-methyl/N-ethyl adjacent to an activating group) is 1. The summed E-state index contributed by atoms with van der Waals surface area (Å²) >= 11 is 12.6. The maximum atomic E-state index is 15.3. The number of benzene rings is 3. The number of nitrogens with zero attached hydrogens (tertiary/aromatic N) is 3. The normalized spacial score (nSPS) is 21.4. The number of nitrogens with one attached hydrogen (secondary N) is 3. The van der Waals surface area contributed by atoms with Gasteiger partial charge in [0.15, 0.2) is 5.66 Å². The van der Waals surface area contributed by atoms with Crippen LogP contribution in [0.15, 0.2) is 71.6 Å². The van der Waals surface area contributed by atoms with Crippen LogP contribution in [0.2, 0.25) is 10.0 Å². The fourth-order valence-electron chi connectivity index (χ4n) is 6.61. The molecule has 52 heavy (non-hydrogen) atoms. The molecule has 5 rings (SSSR count). The zero-order valence-corrected chi connectivity index (χ0v) is 33.2. The summed E-state index contributed by atoms with van der Waals surface area (Å²) in [7, 11) is -2.21. The van der Waals surface area contributed by atoms with E-state index >= 15 is 4.79 Å². The molecule has 282 valence electrons. The zero-order valence-electron chi connectivity index (χ0n) is 30.9. The van der Waals surface area contributed by atoms with Gasteiger partial charge in [-0.05, 0) is 95.1 Å². The van der Waals surface area contributed by atoms with E-state index in [0.29, 0.717) is 47.5 Å². The maximum Gasteiger partial charge on any atom is 0.262 e. The van der Waals surface area contributed by atoms with Crippen LogP contribution in [0.25, 0.3) is 0 Å². The number of carbonyl (C=O) groups is 2. The molecule has 2 fully saturated rings. The number of hydrogen-bond donors (Lipinski definition) is 3. The fraction of sp³-hybridized carbons (Fsp3) is 0.474. The van der Waals surface area contributed by atoms with Crippen molar-refractivity contribution in [2.45, 2.75) is 75.8 Å². The first-order valence-corrected chi connectivity index (χ1v) is 19.8. The van der Waals surface area contributed by atoms with Crippen LogP contribution in [0.5, 0.6) is 5.75 Å². The monoisotopic (exact) mass is 772 g/mol. The van der Waals surface area contributed by atoms with Crippen LogP contribution in [0.3, 0.4) is 0 Å². The van der Waals surface area contributed by atoms with E-state index in [1.54, 1.807) is 68.0 Å². The third-order valence-electron chi connectivity index (χ3n) is 9.45. The van der Waals surface area contributed by atoms with E-state index in [2.05, 4.69) is 20.3 Å². The number of piperazine rings is 1. The Morgan fingerprint density at radius 2 is 1.44 bits per heavy atom. The zero-order chi connectivity index (χ0) is 38.0. The largest absolute Gasteiger partial charge is 0.493 e. The molecule has 3 aromatic carbocycles. The van der Waals surface area contributed by atoms with Crippen molar-refractivity contribution in [3.8, 4) is 5.75 Å². The van der Waals surface area contributed by atoms with E-state index in [4.69, 9.17) is 27.9 Å². The second-order valence-corrected chi connectivity index (χ2v) is 17.3. The van der Waals surface area contributed by atoms with Crippen molar-refractivity contribution in [1.82, 2.24) is 30.1 Å². The van der Waals surface area contributed by atoms with Crippen LogP contribution in [-0.4, -0.2) is 92.9 Å². The molecule has 1 unspecified atom stereocenters. The molecule has 11 nitrogen and oxygen atoms in total. The first-order chi connectivity index (χ1) is 24.4. The average Bonchev–Trinajstić information content (AvgIpc) is 3.49. The highest BCUT2D eigenvalue weighted by molar-refractivity contribution is 7.89. The standard InChI is InChI=1S/C38H50Cl2N6O5S/c1-8-51-32-18-17-30(52(49,50)43-37(4,5)6)23-31(32)38(36(48)46-21-19-45(20-22-46)24-33(47)44(7)25(2)3)41-34(26-9-13-28(39)14-10-26)35(42-38)27-11-15-29(40)16-12-27/h9-18,23,25,34-35,41-43H,8,19-22,24H2,1-7H3/t34-,35+,38?. The predicted octanol–water partition coefficient (Wildman–Crippen LogP) is 5.31. The van der Waals surface area contributed by atoms with Crippen molar-refractivity contribution in [2.75, 3.05) is 46.4 Å². The second kappa shape index (κ2) is 16.0. The Morgan fingerprint density at radius 1 is 0.923 bits per heavy atom. The molecule has 2 aliphatic rings. The molecule has 0 aliphatic carbocycles. The molecule has 3 N–H and O–H groups in total. The number of carbonyl (C=O) groups excluding carboxylic acids is 2. The lowest BCUT2D eigenvalue weighted by atomic mass is 9.95. The Labute approximate surface area is 318 Å². The smallest absolute Gasteiger partial charge is 0.262 e. The van der Waals surface area contributed by atoms with Crippen LogP contribution < -0.4 is 20.1 Å². The molecule has 2 aliphatic heterocycles. The number of halogens is 2. The van der Waals surface area contributed by atoms with Crippen molar-refractivity contribution < 1.29 is 22.7 Å². The first-order valence-electron chi connectivity index (χ1n) is 17.6. The summed E-state index contributed by atoms with van der Waals surface area (Å²) in [5.41, 5.74) is -0.343. The third-order valence-corrected chi connectivity index (χ3v) is 11.7. The molecular formula is C38H50Cl2N6O5S. The number of sulfonamides is 1. The lowest BCUT2D eigenvalue weighted by Gasteiger charge is -2.41. The highest BCUT2D eigenvalue weighted by Gasteiger charge is 2.55. The van der Waals surface area contributed by atoms with Gasteiger partial charge in [0.25, 0.3) is 5.91 Å².